The summed E-state index contributed by atoms with van der Waals surface area (Å²) in [5.41, 5.74) is 1.18. The van der Waals surface area contributed by atoms with E-state index in [1.165, 1.54) is 5.56 Å². The van der Waals surface area contributed by atoms with Crippen molar-refractivity contribution in [3.05, 3.63) is 65.2 Å². The number of fused-ring (bicyclic) bond motifs is 2. The van der Waals surface area contributed by atoms with E-state index in [1.54, 1.807) is 0 Å². The molecule has 0 unspecified atom stereocenters. The molecule has 0 aliphatic carbocycles. The fourth-order valence-corrected chi connectivity index (χ4v) is 4.64. The monoisotopic (exact) mass is 391 g/mol. The van der Waals surface area contributed by atoms with Gasteiger partial charge in [-0.2, -0.15) is 0 Å². The summed E-state index contributed by atoms with van der Waals surface area (Å²) in [5, 5.41) is 0.725. The molecule has 0 aromatic heterocycles. The second kappa shape index (κ2) is 7.99. The van der Waals surface area contributed by atoms with Gasteiger partial charge in [0.2, 0.25) is 0 Å². The van der Waals surface area contributed by atoms with Crippen molar-refractivity contribution in [2.75, 3.05) is 7.05 Å². The molecule has 26 heavy (non-hydrogen) atoms. The highest BCUT2D eigenvalue weighted by molar-refractivity contribution is 6.30. The van der Waals surface area contributed by atoms with Crippen LogP contribution in [0.25, 0.3) is 0 Å². The minimum absolute atomic E-state index is 0. The predicted octanol–water partition coefficient (Wildman–Crippen LogP) is 4.93. The van der Waals surface area contributed by atoms with E-state index >= 15 is 0 Å². The van der Waals surface area contributed by atoms with Gasteiger partial charge in [-0.1, -0.05) is 41.9 Å². The largest absolute Gasteiger partial charge is 0.426 e. The molecule has 2 aromatic rings. The van der Waals surface area contributed by atoms with Crippen LogP contribution in [-0.2, 0) is 4.79 Å². The summed E-state index contributed by atoms with van der Waals surface area (Å²) in [7, 11) is 2.14. The van der Waals surface area contributed by atoms with Gasteiger partial charge in [0.1, 0.15) is 5.75 Å². The average molecular weight is 392 g/mol. The molecule has 4 rings (SSSR count). The molecule has 4 atom stereocenters. The van der Waals surface area contributed by atoms with Crippen LogP contribution in [-0.4, -0.2) is 30.0 Å². The van der Waals surface area contributed by atoms with Crippen molar-refractivity contribution in [1.29, 1.82) is 0 Å². The molecule has 0 amide bonds. The summed E-state index contributed by atoms with van der Waals surface area (Å²) >= 11 is 6.05. The number of nitrogens with zero attached hydrogens (tertiary/aromatic N) is 1. The van der Waals surface area contributed by atoms with Crippen molar-refractivity contribution < 1.29 is 9.53 Å². The van der Waals surface area contributed by atoms with Crippen molar-refractivity contribution in [3.8, 4) is 5.75 Å². The number of halogens is 2. The van der Waals surface area contributed by atoms with E-state index in [0.29, 0.717) is 11.8 Å². The van der Waals surface area contributed by atoms with Gasteiger partial charge in [0, 0.05) is 23.0 Å². The Balaban J connectivity index is 0.00000196. The molecule has 2 fully saturated rings. The molecule has 2 aliphatic rings. The van der Waals surface area contributed by atoms with Gasteiger partial charge in [0.25, 0.3) is 0 Å². The van der Waals surface area contributed by atoms with Crippen molar-refractivity contribution in [1.82, 2.24) is 4.90 Å². The molecule has 5 heteroatoms. The number of benzene rings is 2. The third-order valence-corrected chi connectivity index (χ3v) is 6.05. The Morgan fingerprint density at radius 2 is 1.77 bits per heavy atom. The first-order valence-corrected chi connectivity index (χ1v) is 9.25. The first-order chi connectivity index (χ1) is 12.1. The van der Waals surface area contributed by atoms with Crippen LogP contribution < -0.4 is 4.74 Å². The number of para-hydroxylation sites is 1. The van der Waals surface area contributed by atoms with Gasteiger partial charge in [-0.05, 0) is 56.1 Å². The normalized spacial score (nSPS) is 27.6. The summed E-state index contributed by atoms with van der Waals surface area (Å²) in [6, 6.07) is 18.1. The predicted molar refractivity (Wildman–Crippen MR) is 106 cm³/mol. The lowest BCUT2D eigenvalue weighted by Gasteiger charge is -2.41. The van der Waals surface area contributed by atoms with Crippen LogP contribution in [0.4, 0.5) is 0 Å². The lowest BCUT2D eigenvalue weighted by molar-refractivity contribution is -0.143. The number of carbonyl (C=O) groups is 1. The van der Waals surface area contributed by atoms with E-state index in [1.807, 2.05) is 42.5 Å². The highest BCUT2D eigenvalue weighted by Gasteiger charge is 2.49. The van der Waals surface area contributed by atoms with Gasteiger partial charge in [0.15, 0.2) is 0 Å². The van der Waals surface area contributed by atoms with Crippen LogP contribution in [0.15, 0.2) is 54.6 Å². The van der Waals surface area contributed by atoms with Crippen LogP contribution in [0.2, 0.25) is 5.02 Å². The van der Waals surface area contributed by atoms with Gasteiger partial charge in [-0.15, -0.1) is 12.4 Å². The van der Waals surface area contributed by atoms with Crippen molar-refractivity contribution >= 4 is 30.0 Å². The molecule has 2 bridgehead atoms. The molecule has 3 nitrogen and oxygen atoms in total. The van der Waals surface area contributed by atoms with Gasteiger partial charge < -0.3 is 4.74 Å². The third kappa shape index (κ3) is 3.62. The third-order valence-electron chi connectivity index (χ3n) is 5.80. The zero-order valence-electron chi connectivity index (χ0n) is 14.7. The van der Waals surface area contributed by atoms with E-state index in [4.69, 9.17) is 16.3 Å². The summed E-state index contributed by atoms with van der Waals surface area (Å²) in [5.74, 6) is 0.529. The molecule has 2 aromatic carbocycles. The van der Waals surface area contributed by atoms with Crippen LogP contribution in [0.5, 0.6) is 5.75 Å². The quantitative estimate of drug-likeness (QED) is 0.548. The van der Waals surface area contributed by atoms with E-state index in [0.717, 1.165) is 24.3 Å². The SMILES string of the molecule is CN1[C@H]2CC[C@@H]1[C@@H](C(=O)Oc1ccccc1)[C@@H](c1ccc(Cl)cc1)C2.Cl. The Morgan fingerprint density at radius 1 is 1.08 bits per heavy atom. The molecule has 2 aliphatic heterocycles. The summed E-state index contributed by atoms with van der Waals surface area (Å²) in [6.07, 6.45) is 3.20. The zero-order chi connectivity index (χ0) is 17.4. The zero-order valence-corrected chi connectivity index (χ0v) is 16.2. The van der Waals surface area contributed by atoms with E-state index < -0.39 is 0 Å². The smallest absolute Gasteiger partial charge is 0.316 e. The number of ether oxygens (including phenoxy) is 1. The minimum atomic E-state index is -0.148. The molecular weight excluding hydrogens is 369 g/mol. The number of piperidine rings is 1. The molecule has 0 radical (unpaired) electrons. The minimum Gasteiger partial charge on any atom is -0.426 e. The maximum atomic E-state index is 13.1. The second-order valence-corrected chi connectivity index (χ2v) is 7.55. The number of carbonyl (C=O) groups excluding carboxylic acids is 1. The Hall–Kier alpha value is -1.55. The topological polar surface area (TPSA) is 29.5 Å². The van der Waals surface area contributed by atoms with Gasteiger partial charge >= 0.3 is 5.97 Å². The van der Waals surface area contributed by atoms with Crippen LogP contribution in [0.3, 0.4) is 0 Å². The van der Waals surface area contributed by atoms with Crippen molar-refractivity contribution in [2.45, 2.75) is 37.3 Å². The molecule has 138 valence electrons. The Bertz CT molecular complexity index is 750. The number of esters is 1. The second-order valence-electron chi connectivity index (χ2n) is 7.12. The van der Waals surface area contributed by atoms with Crippen LogP contribution >= 0.6 is 24.0 Å². The first kappa shape index (κ1) is 19.2. The van der Waals surface area contributed by atoms with Gasteiger partial charge in [-0.25, -0.2) is 0 Å². The fraction of sp³-hybridized carbons (Fsp3) is 0.381. The lowest BCUT2D eigenvalue weighted by Crippen LogP contribution is -2.49. The van der Waals surface area contributed by atoms with E-state index in [9.17, 15) is 4.79 Å². The Morgan fingerprint density at radius 3 is 2.46 bits per heavy atom. The van der Waals surface area contributed by atoms with Gasteiger partial charge in [0.05, 0.1) is 5.92 Å². The van der Waals surface area contributed by atoms with Crippen molar-refractivity contribution in [2.24, 2.45) is 5.92 Å². The number of hydrogen-bond acceptors (Lipinski definition) is 3. The summed E-state index contributed by atoms with van der Waals surface area (Å²) < 4.78 is 5.74. The van der Waals surface area contributed by atoms with Crippen LogP contribution in [0.1, 0.15) is 30.7 Å². The molecule has 0 N–H and O–H groups in total. The maximum absolute atomic E-state index is 13.1. The molecule has 2 heterocycles. The fourth-order valence-electron chi connectivity index (χ4n) is 4.51. The van der Waals surface area contributed by atoms with Crippen molar-refractivity contribution in [3.63, 3.8) is 0 Å². The number of hydrogen-bond donors (Lipinski definition) is 0. The van der Waals surface area contributed by atoms with Gasteiger partial charge in [-0.3, -0.25) is 9.69 Å². The van der Waals surface area contributed by atoms with Crippen LogP contribution in [0, 0.1) is 5.92 Å². The lowest BCUT2D eigenvalue weighted by atomic mass is 9.76. The highest BCUT2D eigenvalue weighted by atomic mass is 35.5. The summed E-state index contributed by atoms with van der Waals surface area (Å²) in [6.45, 7) is 0. The molecular formula is C21H23Cl2NO2. The number of rotatable bonds is 3. The molecule has 2 saturated heterocycles. The molecule has 0 saturated carbocycles. The van der Waals surface area contributed by atoms with E-state index in [2.05, 4.69) is 24.1 Å². The summed E-state index contributed by atoms with van der Waals surface area (Å²) in [4.78, 5) is 15.5. The van der Waals surface area contributed by atoms with E-state index in [-0.39, 0.29) is 36.3 Å². The standard InChI is InChI=1S/C21H22ClNO2.ClH/c1-23-16-11-12-19(23)20(21(24)25-17-5-3-2-4-6-17)18(13-16)14-7-9-15(22)10-8-14;/h2-10,16,18-20H,11-13H2,1H3;1H/t16-,18+,19+,20-;/m0./s1. The Labute approximate surface area is 165 Å². The maximum Gasteiger partial charge on any atom is 0.316 e. The Kier molecular flexibility index (Phi) is 5.91. The first-order valence-electron chi connectivity index (χ1n) is 8.87. The molecule has 0 spiro atoms. The average Bonchev–Trinajstić information content (AvgIpc) is 2.86. The highest BCUT2D eigenvalue weighted by Crippen LogP contribution is 2.46.